The van der Waals surface area contributed by atoms with Crippen molar-refractivity contribution in [2.24, 2.45) is 0 Å². The fourth-order valence-corrected chi connectivity index (χ4v) is 3.76. The molecule has 0 radical (unpaired) electrons. The summed E-state index contributed by atoms with van der Waals surface area (Å²) in [6.45, 7) is 2.96. The Hall–Kier alpha value is -1.53. The van der Waals surface area contributed by atoms with E-state index in [2.05, 4.69) is 0 Å². The molecule has 1 N–H and O–H groups in total. The van der Waals surface area contributed by atoms with Gasteiger partial charge in [-0.05, 0) is 30.2 Å². The molecule has 0 aliphatic carbocycles. The second-order valence-electron chi connectivity index (χ2n) is 4.98. The van der Waals surface area contributed by atoms with Crippen LogP contribution in [0.25, 0.3) is 0 Å². The van der Waals surface area contributed by atoms with Crippen molar-refractivity contribution in [3.8, 4) is 0 Å². The Balaban J connectivity index is 1.89. The summed E-state index contributed by atoms with van der Waals surface area (Å²) >= 11 is 1.49. The number of carboxylic acids is 1. The number of benzene rings is 1. The summed E-state index contributed by atoms with van der Waals surface area (Å²) in [5.41, 5.74) is 2.65. The van der Waals surface area contributed by atoms with E-state index in [1.54, 1.807) is 6.07 Å². The molecule has 1 saturated heterocycles. The fourth-order valence-electron chi connectivity index (χ4n) is 2.60. The Bertz CT molecular complexity index is 574. The van der Waals surface area contributed by atoms with Gasteiger partial charge in [0.15, 0.2) is 0 Å². The monoisotopic (exact) mass is 293 g/mol. The Morgan fingerprint density at radius 3 is 2.85 bits per heavy atom. The molecule has 6 heteroatoms. The van der Waals surface area contributed by atoms with Gasteiger partial charge in [-0.2, -0.15) is 0 Å². The number of ether oxygens (including phenoxy) is 1. The third-order valence-corrected chi connectivity index (χ3v) is 4.93. The van der Waals surface area contributed by atoms with Gasteiger partial charge in [-0.3, -0.25) is 4.79 Å². The molecule has 2 aliphatic rings. The molecule has 0 aromatic heterocycles. The van der Waals surface area contributed by atoms with Crippen molar-refractivity contribution >= 4 is 23.6 Å². The molecular weight excluding hydrogens is 278 g/mol. The lowest BCUT2D eigenvalue weighted by molar-refractivity contribution is -0.141. The lowest BCUT2D eigenvalue weighted by Gasteiger charge is -2.25. The molecule has 3 rings (SSSR count). The average molecular weight is 293 g/mol. The highest BCUT2D eigenvalue weighted by Crippen LogP contribution is 2.31. The third-order valence-electron chi connectivity index (χ3n) is 3.71. The van der Waals surface area contributed by atoms with E-state index in [1.165, 1.54) is 16.7 Å². The maximum Gasteiger partial charge on any atom is 0.327 e. The molecule has 2 aliphatic heterocycles. The highest BCUT2D eigenvalue weighted by molar-refractivity contribution is 8.00. The van der Waals surface area contributed by atoms with Crippen molar-refractivity contribution in [2.45, 2.75) is 31.6 Å². The molecule has 0 bridgehead atoms. The zero-order valence-electron chi connectivity index (χ0n) is 11.0. The second kappa shape index (κ2) is 5.10. The average Bonchev–Trinajstić information content (AvgIpc) is 3.03. The number of carboxylic acid groups (broad SMARTS) is 1. The van der Waals surface area contributed by atoms with Gasteiger partial charge < -0.3 is 14.7 Å². The van der Waals surface area contributed by atoms with Gasteiger partial charge in [-0.1, -0.05) is 6.07 Å². The van der Waals surface area contributed by atoms with Gasteiger partial charge in [-0.15, -0.1) is 11.8 Å². The highest BCUT2D eigenvalue weighted by Gasteiger charge is 2.39. The van der Waals surface area contributed by atoms with Crippen molar-refractivity contribution in [2.75, 3.05) is 5.75 Å². The molecule has 2 unspecified atom stereocenters. The van der Waals surface area contributed by atoms with Gasteiger partial charge in [0.1, 0.15) is 6.04 Å². The maximum atomic E-state index is 12.6. The molecule has 1 amide bonds. The van der Waals surface area contributed by atoms with Crippen LogP contribution in [-0.2, 0) is 22.7 Å². The van der Waals surface area contributed by atoms with Crippen molar-refractivity contribution in [3.63, 3.8) is 0 Å². The van der Waals surface area contributed by atoms with Gasteiger partial charge in [0.25, 0.3) is 5.91 Å². The van der Waals surface area contributed by atoms with Crippen LogP contribution in [0.3, 0.4) is 0 Å². The predicted octanol–water partition coefficient (Wildman–Crippen LogP) is 1.71. The van der Waals surface area contributed by atoms with Crippen molar-refractivity contribution < 1.29 is 19.4 Å². The Labute approximate surface area is 120 Å². The van der Waals surface area contributed by atoms with Gasteiger partial charge in [-0.25, -0.2) is 4.79 Å². The number of hydrogen-bond acceptors (Lipinski definition) is 4. The standard InChI is InChI=1S/C14H15NO4S/c1-8-15(12(7-20-8)14(17)18)13(16)9-2-3-10-5-19-6-11(10)4-9/h2-4,8,12H,5-7H2,1H3,(H,17,18). The van der Waals surface area contributed by atoms with Crippen LogP contribution in [-0.4, -0.2) is 39.1 Å². The Morgan fingerprint density at radius 2 is 2.10 bits per heavy atom. The molecule has 5 nitrogen and oxygen atoms in total. The summed E-state index contributed by atoms with van der Waals surface area (Å²) in [5, 5.41) is 9.11. The van der Waals surface area contributed by atoms with E-state index in [4.69, 9.17) is 4.74 Å². The van der Waals surface area contributed by atoms with Gasteiger partial charge >= 0.3 is 5.97 Å². The molecular formula is C14H15NO4S. The number of hydrogen-bond donors (Lipinski definition) is 1. The summed E-state index contributed by atoms with van der Waals surface area (Å²) in [5.74, 6) is -0.722. The number of fused-ring (bicyclic) bond motifs is 1. The van der Waals surface area contributed by atoms with Gasteiger partial charge in [0.2, 0.25) is 0 Å². The van der Waals surface area contributed by atoms with E-state index in [0.717, 1.165) is 11.1 Å². The molecule has 1 aromatic rings. The van der Waals surface area contributed by atoms with E-state index in [1.807, 2.05) is 19.1 Å². The number of nitrogens with zero attached hydrogens (tertiary/aromatic N) is 1. The molecule has 0 saturated carbocycles. The number of carbonyl (C=O) groups excluding carboxylic acids is 1. The molecule has 2 heterocycles. The van der Waals surface area contributed by atoms with Crippen LogP contribution in [0, 0.1) is 0 Å². The van der Waals surface area contributed by atoms with E-state index in [0.29, 0.717) is 24.5 Å². The number of thioether (sulfide) groups is 1. The third kappa shape index (κ3) is 2.19. The Kier molecular flexibility index (Phi) is 3.43. The summed E-state index contributed by atoms with van der Waals surface area (Å²) in [4.78, 5) is 25.3. The van der Waals surface area contributed by atoms with Gasteiger partial charge in [0.05, 0.1) is 18.6 Å². The summed E-state index contributed by atoms with van der Waals surface area (Å²) in [6.07, 6.45) is 0. The van der Waals surface area contributed by atoms with Crippen LogP contribution >= 0.6 is 11.8 Å². The van der Waals surface area contributed by atoms with Crippen LogP contribution < -0.4 is 0 Å². The predicted molar refractivity (Wildman–Crippen MR) is 74.4 cm³/mol. The van der Waals surface area contributed by atoms with E-state index < -0.39 is 12.0 Å². The zero-order valence-corrected chi connectivity index (χ0v) is 11.9. The SMILES string of the molecule is CC1SCC(C(=O)O)N1C(=O)c1ccc2c(c1)COC2. The van der Waals surface area contributed by atoms with Crippen LogP contribution in [0.2, 0.25) is 0 Å². The lowest BCUT2D eigenvalue weighted by atomic mass is 10.0. The summed E-state index contributed by atoms with van der Waals surface area (Å²) in [6, 6.07) is 4.72. The number of rotatable bonds is 2. The first kappa shape index (κ1) is 13.5. The molecule has 0 spiro atoms. The molecule has 1 aromatic carbocycles. The van der Waals surface area contributed by atoms with E-state index in [9.17, 15) is 14.7 Å². The number of carbonyl (C=O) groups is 2. The maximum absolute atomic E-state index is 12.6. The van der Waals surface area contributed by atoms with E-state index in [-0.39, 0.29) is 11.3 Å². The zero-order chi connectivity index (χ0) is 14.3. The molecule has 2 atom stereocenters. The first-order valence-electron chi connectivity index (χ1n) is 6.44. The minimum atomic E-state index is -0.945. The molecule has 106 valence electrons. The summed E-state index contributed by atoms with van der Waals surface area (Å²) < 4.78 is 5.33. The van der Waals surface area contributed by atoms with Crippen LogP contribution in [0.4, 0.5) is 0 Å². The Morgan fingerprint density at radius 1 is 1.35 bits per heavy atom. The smallest absolute Gasteiger partial charge is 0.327 e. The molecule has 1 fully saturated rings. The first-order chi connectivity index (χ1) is 9.58. The normalized spacial score (nSPS) is 24.8. The van der Waals surface area contributed by atoms with Gasteiger partial charge in [0, 0.05) is 11.3 Å². The lowest BCUT2D eigenvalue weighted by Crippen LogP contribution is -2.44. The van der Waals surface area contributed by atoms with Crippen molar-refractivity contribution in [3.05, 3.63) is 34.9 Å². The quantitative estimate of drug-likeness (QED) is 0.899. The first-order valence-corrected chi connectivity index (χ1v) is 7.49. The van der Waals surface area contributed by atoms with E-state index >= 15 is 0 Å². The summed E-state index contributed by atoms with van der Waals surface area (Å²) in [7, 11) is 0. The largest absolute Gasteiger partial charge is 0.480 e. The topological polar surface area (TPSA) is 66.8 Å². The number of amides is 1. The fraction of sp³-hybridized carbons (Fsp3) is 0.429. The number of aliphatic carboxylic acids is 1. The van der Waals surface area contributed by atoms with Crippen LogP contribution in [0.15, 0.2) is 18.2 Å². The highest BCUT2D eigenvalue weighted by atomic mass is 32.2. The minimum absolute atomic E-state index is 0.117. The minimum Gasteiger partial charge on any atom is -0.480 e. The van der Waals surface area contributed by atoms with Crippen molar-refractivity contribution in [1.82, 2.24) is 4.90 Å². The van der Waals surface area contributed by atoms with Crippen LogP contribution in [0.5, 0.6) is 0 Å². The molecule has 20 heavy (non-hydrogen) atoms. The van der Waals surface area contributed by atoms with Crippen molar-refractivity contribution in [1.29, 1.82) is 0 Å². The van der Waals surface area contributed by atoms with Crippen LogP contribution in [0.1, 0.15) is 28.4 Å². The second-order valence-corrected chi connectivity index (χ2v) is 6.32.